The molecule has 34 heavy (non-hydrogen) atoms. The third-order valence-corrected chi connectivity index (χ3v) is 7.18. The first kappa shape index (κ1) is 28.3. The summed E-state index contributed by atoms with van der Waals surface area (Å²) in [5, 5.41) is 2.66. The van der Waals surface area contributed by atoms with Crippen LogP contribution in [0.5, 0.6) is 11.5 Å². The van der Waals surface area contributed by atoms with Gasteiger partial charge in [0.1, 0.15) is 0 Å². The fourth-order valence-electron chi connectivity index (χ4n) is 5.26. The number of fused-ring (bicyclic) bond motifs is 2. The van der Waals surface area contributed by atoms with Crippen LogP contribution in [0.25, 0.3) is 10.8 Å². The van der Waals surface area contributed by atoms with Crippen molar-refractivity contribution in [1.29, 1.82) is 0 Å². The minimum atomic E-state index is 0. The maximum atomic E-state index is 5.55. The smallest absolute Gasteiger partial charge is 0.161 e. The quantitative estimate of drug-likeness (QED) is 0.365. The fourth-order valence-corrected chi connectivity index (χ4v) is 5.26. The molecule has 6 heteroatoms. The number of nitrogens with zero attached hydrogens (tertiary/aromatic N) is 2. The highest BCUT2D eigenvalue weighted by atomic mass is 35.5. The summed E-state index contributed by atoms with van der Waals surface area (Å²) < 4.78 is 11.1. The monoisotopic (exact) mass is 504 g/mol. The molecule has 0 spiro atoms. The van der Waals surface area contributed by atoms with Gasteiger partial charge in [-0.2, -0.15) is 0 Å². The molecule has 4 nitrogen and oxygen atoms in total. The van der Waals surface area contributed by atoms with E-state index in [4.69, 9.17) is 9.47 Å². The molecule has 186 valence electrons. The molecule has 0 aliphatic carbocycles. The van der Waals surface area contributed by atoms with E-state index in [0.717, 1.165) is 43.9 Å². The van der Waals surface area contributed by atoms with E-state index in [2.05, 4.69) is 85.3 Å². The van der Waals surface area contributed by atoms with Gasteiger partial charge >= 0.3 is 0 Å². The Bertz CT molecular complexity index is 1040. The lowest BCUT2D eigenvalue weighted by atomic mass is 9.98. The second-order valence-corrected chi connectivity index (χ2v) is 8.81. The molecule has 0 N–H and O–H groups in total. The van der Waals surface area contributed by atoms with E-state index in [9.17, 15) is 0 Å². The van der Waals surface area contributed by atoms with Gasteiger partial charge in [-0.05, 0) is 72.8 Å². The van der Waals surface area contributed by atoms with E-state index in [1.54, 1.807) is 14.2 Å². The summed E-state index contributed by atoms with van der Waals surface area (Å²) in [7, 11) is 5.71. The zero-order valence-electron chi connectivity index (χ0n) is 20.9. The summed E-state index contributed by atoms with van der Waals surface area (Å²) in [4.78, 5) is 5.21. The average molecular weight is 506 g/mol. The molecule has 1 aliphatic heterocycles. The van der Waals surface area contributed by atoms with Crippen molar-refractivity contribution in [2.75, 3.05) is 34.4 Å². The number of methoxy groups -OCH3 is 2. The van der Waals surface area contributed by atoms with E-state index in [0.29, 0.717) is 12.2 Å². The maximum absolute atomic E-state index is 5.55. The van der Waals surface area contributed by atoms with E-state index in [-0.39, 0.29) is 24.8 Å². The van der Waals surface area contributed by atoms with E-state index >= 15 is 0 Å². The number of halogens is 2. The lowest BCUT2D eigenvalue weighted by Gasteiger charge is -2.40. The van der Waals surface area contributed by atoms with Crippen LogP contribution in [0.3, 0.4) is 0 Å². The molecule has 4 rings (SSSR count). The van der Waals surface area contributed by atoms with Crippen LogP contribution in [0.2, 0.25) is 0 Å². The van der Waals surface area contributed by atoms with Crippen molar-refractivity contribution in [3.63, 3.8) is 0 Å². The Morgan fingerprint density at radius 2 is 1.44 bits per heavy atom. The number of ether oxygens (including phenoxy) is 2. The van der Waals surface area contributed by atoms with Crippen molar-refractivity contribution in [2.24, 2.45) is 0 Å². The van der Waals surface area contributed by atoms with Gasteiger partial charge < -0.3 is 9.47 Å². The Morgan fingerprint density at radius 1 is 0.882 bits per heavy atom. The Balaban J connectivity index is 0.00000204. The van der Waals surface area contributed by atoms with Gasteiger partial charge in [0.15, 0.2) is 11.5 Å². The first-order chi connectivity index (χ1) is 15.6. The van der Waals surface area contributed by atoms with Gasteiger partial charge in [-0.1, -0.05) is 49.4 Å². The molecule has 0 radical (unpaired) electrons. The van der Waals surface area contributed by atoms with Crippen molar-refractivity contribution in [3.8, 4) is 11.5 Å². The fraction of sp³-hybridized carbons (Fsp3) is 0.429. The van der Waals surface area contributed by atoms with Crippen molar-refractivity contribution in [1.82, 2.24) is 9.80 Å². The summed E-state index contributed by atoms with van der Waals surface area (Å²) in [5.41, 5.74) is 4.16. The Kier molecular flexibility index (Phi) is 10.5. The molecule has 0 saturated carbocycles. The number of benzene rings is 3. The molecule has 0 fully saturated rings. The van der Waals surface area contributed by atoms with Crippen molar-refractivity contribution >= 4 is 35.6 Å². The van der Waals surface area contributed by atoms with Gasteiger partial charge in [-0.3, -0.25) is 9.80 Å². The van der Waals surface area contributed by atoms with Crippen molar-refractivity contribution < 1.29 is 9.47 Å². The predicted octanol–water partition coefficient (Wildman–Crippen LogP) is 6.53. The third-order valence-electron chi connectivity index (χ3n) is 7.18. The first-order valence-corrected chi connectivity index (χ1v) is 11.7. The van der Waals surface area contributed by atoms with Crippen LogP contribution in [-0.4, -0.2) is 50.3 Å². The van der Waals surface area contributed by atoms with Gasteiger partial charge in [-0.15, -0.1) is 24.8 Å². The highest BCUT2D eigenvalue weighted by Gasteiger charge is 2.28. The molecule has 2 atom stereocenters. The molecule has 3 aromatic carbocycles. The van der Waals surface area contributed by atoms with Crippen molar-refractivity contribution in [3.05, 3.63) is 71.3 Å². The molecule has 0 amide bonds. The normalized spacial score (nSPS) is 15.5. The summed E-state index contributed by atoms with van der Waals surface area (Å²) >= 11 is 0. The summed E-state index contributed by atoms with van der Waals surface area (Å²) in [6.07, 6.45) is 3.54. The summed E-state index contributed by atoms with van der Waals surface area (Å²) in [6, 6.07) is 20.1. The van der Waals surface area contributed by atoms with Gasteiger partial charge in [0.2, 0.25) is 0 Å². The molecular formula is C28H38Cl2N2O2. The minimum absolute atomic E-state index is 0. The highest BCUT2D eigenvalue weighted by molar-refractivity contribution is 5.86. The van der Waals surface area contributed by atoms with E-state index in [1.165, 1.54) is 27.5 Å². The third kappa shape index (κ3) is 5.63. The van der Waals surface area contributed by atoms with Crippen LogP contribution in [0.4, 0.5) is 0 Å². The summed E-state index contributed by atoms with van der Waals surface area (Å²) in [6.45, 7) is 6.75. The second kappa shape index (κ2) is 12.6. The average Bonchev–Trinajstić information content (AvgIpc) is 3.04. The number of rotatable bonds is 7. The molecule has 2 unspecified atom stereocenters. The molecule has 1 aliphatic rings. The molecule has 3 aromatic rings. The second-order valence-electron chi connectivity index (χ2n) is 8.81. The van der Waals surface area contributed by atoms with Crippen LogP contribution in [0, 0.1) is 0 Å². The van der Waals surface area contributed by atoms with Crippen LogP contribution in [-0.2, 0) is 12.8 Å². The van der Waals surface area contributed by atoms with E-state index in [1.807, 2.05) is 0 Å². The van der Waals surface area contributed by atoms with Crippen molar-refractivity contribution in [2.45, 2.75) is 45.3 Å². The summed E-state index contributed by atoms with van der Waals surface area (Å²) in [5.74, 6) is 1.65. The molecule has 0 bridgehead atoms. The molecule has 1 heterocycles. The topological polar surface area (TPSA) is 24.9 Å². The molecule has 0 aromatic heterocycles. The predicted molar refractivity (Wildman–Crippen MR) is 147 cm³/mol. The zero-order valence-corrected chi connectivity index (χ0v) is 22.5. The first-order valence-electron chi connectivity index (χ1n) is 11.7. The lowest BCUT2D eigenvalue weighted by molar-refractivity contribution is 0.0356. The van der Waals surface area contributed by atoms with Crippen LogP contribution in [0.1, 0.15) is 43.0 Å². The zero-order chi connectivity index (χ0) is 22.7. The van der Waals surface area contributed by atoms with E-state index < -0.39 is 0 Å². The van der Waals surface area contributed by atoms with Crippen LogP contribution in [0.15, 0.2) is 54.6 Å². The SMILES string of the molecule is CCC(N1CCc2cc(OC)c(OC)cc2CC1)N(C)C(C)c1cccc2ccccc12.Cl.Cl. The highest BCUT2D eigenvalue weighted by Crippen LogP contribution is 2.34. The lowest BCUT2D eigenvalue weighted by Crippen LogP contribution is -2.48. The standard InChI is InChI=1S/C28H36N2O2.2ClH/c1-6-28(29(3)20(2)24-13-9-11-21-10-7-8-12-25(21)24)30-16-14-22-18-26(31-4)27(32-5)19-23(22)15-17-30;;/h7-13,18-20,28H,6,14-17H2,1-5H3;2*1H. The van der Waals surface area contributed by atoms with Crippen LogP contribution < -0.4 is 9.47 Å². The Morgan fingerprint density at radius 3 is 2.00 bits per heavy atom. The van der Waals surface area contributed by atoms with Gasteiger partial charge in [0.25, 0.3) is 0 Å². The van der Waals surface area contributed by atoms with Gasteiger partial charge in [0, 0.05) is 19.1 Å². The minimum Gasteiger partial charge on any atom is -0.493 e. The van der Waals surface area contributed by atoms with Gasteiger partial charge in [0.05, 0.1) is 20.4 Å². The number of hydrogen-bond acceptors (Lipinski definition) is 4. The largest absolute Gasteiger partial charge is 0.493 e. The molecule has 0 saturated heterocycles. The van der Waals surface area contributed by atoms with Crippen LogP contribution >= 0.6 is 24.8 Å². The molecular weight excluding hydrogens is 467 g/mol. The Labute approximate surface area is 217 Å². The Hall–Kier alpha value is -1.98. The van der Waals surface area contributed by atoms with Gasteiger partial charge in [-0.25, -0.2) is 0 Å². The maximum Gasteiger partial charge on any atom is 0.161 e. The number of hydrogen-bond donors (Lipinski definition) is 0.